The van der Waals surface area contributed by atoms with E-state index in [4.69, 9.17) is 36.8 Å². The van der Waals surface area contributed by atoms with E-state index < -0.39 is 12.0 Å². The number of rotatable bonds is 6. The quantitative estimate of drug-likeness (QED) is 0.441. The molecular weight excluding hydrogens is 454 g/mol. The largest absolute Gasteiger partial charge is 0.452 e. The van der Waals surface area contributed by atoms with Crippen molar-refractivity contribution in [3.63, 3.8) is 0 Å². The molecule has 0 radical (unpaired) electrons. The highest BCUT2D eigenvalue weighted by molar-refractivity contribution is 6.33. The first-order valence-corrected chi connectivity index (χ1v) is 11.6. The summed E-state index contributed by atoms with van der Waals surface area (Å²) in [6.07, 6.45) is -0.470. The Hall–Kier alpha value is -3.04. The van der Waals surface area contributed by atoms with Gasteiger partial charge in [-0.2, -0.15) is 0 Å². The lowest BCUT2D eigenvalue weighted by Crippen LogP contribution is -2.36. The fourth-order valence-electron chi connectivity index (χ4n) is 4.06. The van der Waals surface area contributed by atoms with E-state index in [1.807, 2.05) is 44.2 Å². The Morgan fingerprint density at radius 2 is 1.76 bits per heavy atom. The van der Waals surface area contributed by atoms with Crippen LogP contribution >= 0.6 is 11.6 Å². The van der Waals surface area contributed by atoms with Crippen LogP contribution in [-0.2, 0) is 15.2 Å². The highest BCUT2D eigenvalue weighted by atomic mass is 35.5. The standard InChI is InChI=1S/C25H28ClN5O3/c1-25(2,34-27)17-5-9-19(10-6-17)33-24-28-21-15-20(26)22(29-23(21)30-24)16-3-7-18(8-4-16)31-11-13-32-14-12-31/h3-10,15,24,28H,11-14,27H2,1-2H3,(H,29,30). The number of halogens is 1. The van der Waals surface area contributed by atoms with Gasteiger partial charge in [0.1, 0.15) is 11.4 Å². The summed E-state index contributed by atoms with van der Waals surface area (Å²) in [4.78, 5) is 12.1. The second-order valence-corrected chi connectivity index (χ2v) is 9.21. The van der Waals surface area contributed by atoms with Crippen LogP contribution in [-0.4, -0.2) is 37.6 Å². The summed E-state index contributed by atoms with van der Waals surface area (Å²) >= 11 is 6.59. The normalized spacial score (nSPS) is 17.6. The van der Waals surface area contributed by atoms with Crippen molar-refractivity contribution in [2.75, 3.05) is 41.8 Å². The molecule has 8 nitrogen and oxygen atoms in total. The van der Waals surface area contributed by atoms with Crippen LogP contribution in [0.4, 0.5) is 17.2 Å². The number of nitrogens with one attached hydrogen (secondary N) is 2. The zero-order chi connectivity index (χ0) is 23.7. The van der Waals surface area contributed by atoms with Gasteiger partial charge in [0.2, 0.25) is 6.35 Å². The fraction of sp³-hybridized carbons (Fsp3) is 0.320. The molecule has 34 heavy (non-hydrogen) atoms. The van der Waals surface area contributed by atoms with Gasteiger partial charge in [0, 0.05) is 24.3 Å². The van der Waals surface area contributed by atoms with Crippen LogP contribution in [0.3, 0.4) is 0 Å². The average molecular weight is 482 g/mol. The smallest absolute Gasteiger partial charge is 0.249 e. The predicted molar refractivity (Wildman–Crippen MR) is 134 cm³/mol. The second-order valence-electron chi connectivity index (χ2n) is 8.80. The minimum Gasteiger partial charge on any atom is -0.452 e. The van der Waals surface area contributed by atoms with Gasteiger partial charge in [-0.3, -0.25) is 4.84 Å². The minimum absolute atomic E-state index is 0.470. The average Bonchev–Trinajstić information content (AvgIpc) is 3.25. The Kier molecular flexibility index (Phi) is 6.22. The number of ether oxygens (including phenoxy) is 2. The molecule has 0 amide bonds. The Labute approximate surface area is 203 Å². The third kappa shape index (κ3) is 4.63. The summed E-state index contributed by atoms with van der Waals surface area (Å²) in [5.74, 6) is 6.77. The first-order valence-electron chi connectivity index (χ1n) is 11.2. The van der Waals surface area contributed by atoms with Crippen molar-refractivity contribution in [1.29, 1.82) is 0 Å². The molecule has 1 aromatic heterocycles. The van der Waals surface area contributed by atoms with E-state index in [0.717, 1.165) is 48.8 Å². The zero-order valence-corrected chi connectivity index (χ0v) is 19.9. The summed E-state index contributed by atoms with van der Waals surface area (Å²) in [5.41, 5.74) is 4.02. The molecular formula is C25H28ClN5O3. The van der Waals surface area contributed by atoms with E-state index >= 15 is 0 Å². The van der Waals surface area contributed by atoms with Crippen molar-refractivity contribution < 1.29 is 14.3 Å². The molecule has 3 aromatic rings. The molecule has 2 aromatic carbocycles. The van der Waals surface area contributed by atoms with Gasteiger partial charge in [0.25, 0.3) is 0 Å². The van der Waals surface area contributed by atoms with E-state index in [1.54, 1.807) is 0 Å². The molecule has 0 saturated carbocycles. The number of morpholine rings is 1. The molecule has 0 spiro atoms. The van der Waals surface area contributed by atoms with Crippen molar-refractivity contribution in [2.45, 2.75) is 25.8 Å². The zero-order valence-electron chi connectivity index (χ0n) is 19.2. The van der Waals surface area contributed by atoms with Gasteiger partial charge in [-0.05, 0) is 49.7 Å². The molecule has 1 saturated heterocycles. The molecule has 3 heterocycles. The fourth-order valence-corrected chi connectivity index (χ4v) is 4.32. The van der Waals surface area contributed by atoms with E-state index in [-0.39, 0.29) is 0 Å². The molecule has 178 valence electrons. The van der Waals surface area contributed by atoms with Crippen LogP contribution in [0.15, 0.2) is 54.6 Å². The summed E-state index contributed by atoms with van der Waals surface area (Å²) in [6, 6.07) is 17.8. The van der Waals surface area contributed by atoms with E-state index in [2.05, 4.69) is 39.8 Å². The summed E-state index contributed by atoms with van der Waals surface area (Å²) in [7, 11) is 0. The van der Waals surface area contributed by atoms with Gasteiger partial charge < -0.3 is 25.0 Å². The van der Waals surface area contributed by atoms with Crippen LogP contribution in [0.5, 0.6) is 5.75 Å². The van der Waals surface area contributed by atoms with Gasteiger partial charge in [-0.15, -0.1) is 0 Å². The van der Waals surface area contributed by atoms with Gasteiger partial charge in [-0.25, -0.2) is 10.9 Å². The first kappa shape index (κ1) is 22.7. The third-order valence-corrected chi connectivity index (χ3v) is 6.43. The number of anilines is 3. The molecule has 1 fully saturated rings. The monoisotopic (exact) mass is 481 g/mol. The number of hydrogen-bond donors (Lipinski definition) is 3. The van der Waals surface area contributed by atoms with Crippen LogP contribution < -0.4 is 26.2 Å². The van der Waals surface area contributed by atoms with Gasteiger partial charge in [-0.1, -0.05) is 35.9 Å². The lowest BCUT2D eigenvalue weighted by Gasteiger charge is -2.28. The number of nitrogens with two attached hydrogens (primary N) is 1. The Morgan fingerprint density at radius 3 is 2.44 bits per heavy atom. The number of fused-ring (bicyclic) bond motifs is 1. The van der Waals surface area contributed by atoms with Crippen molar-refractivity contribution >= 4 is 28.8 Å². The molecule has 0 aliphatic carbocycles. The summed E-state index contributed by atoms with van der Waals surface area (Å²) in [6.45, 7) is 7.12. The molecule has 9 heteroatoms. The van der Waals surface area contributed by atoms with Gasteiger partial charge in [0.05, 0.1) is 29.6 Å². The van der Waals surface area contributed by atoms with Crippen molar-refractivity contribution in [2.24, 2.45) is 5.90 Å². The Morgan fingerprint density at radius 1 is 1.06 bits per heavy atom. The number of hydrogen-bond acceptors (Lipinski definition) is 8. The molecule has 4 N–H and O–H groups in total. The molecule has 2 aliphatic heterocycles. The third-order valence-electron chi connectivity index (χ3n) is 6.15. The molecule has 2 aliphatic rings. The van der Waals surface area contributed by atoms with Crippen LogP contribution in [0.1, 0.15) is 19.4 Å². The number of aromatic nitrogens is 1. The lowest BCUT2D eigenvalue weighted by molar-refractivity contribution is -0.0236. The SMILES string of the molecule is CC(C)(ON)c1ccc(OC2Nc3cc(Cl)c(-c4ccc(N5CCOCC5)cc4)nc3N2)cc1. The minimum atomic E-state index is -0.573. The van der Waals surface area contributed by atoms with Crippen molar-refractivity contribution in [3.05, 3.63) is 65.2 Å². The maximum absolute atomic E-state index is 6.59. The van der Waals surface area contributed by atoms with Crippen LogP contribution in [0.2, 0.25) is 5.02 Å². The molecule has 1 unspecified atom stereocenters. The Balaban J connectivity index is 1.28. The van der Waals surface area contributed by atoms with Crippen molar-refractivity contribution in [1.82, 2.24) is 4.98 Å². The molecule has 1 atom stereocenters. The summed E-state index contributed by atoms with van der Waals surface area (Å²) in [5, 5.41) is 7.11. The summed E-state index contributed by atoms with van der Waals surface area (Å²) < 4.78 is 11.5. The number of pyridine rings is 1. The van der Waals surface area contributed by atoms with Gasteiger partial charge >= 0.3 is 0 Å². The van der Waals surface area contributed by atoms with Crippen LogP contribution in [0.25, 0.3) is 11.3 Å². The van der Waals surface area contributed by atoms with Crippen molar-refractivity contribution in [3.8, 4) is 17.0 Å². The highest BCUT2D eigenvalue weighted by Crippen LogP contribution is 2.37. The van der Waals surface area contributed by atoms with E-state index in [1.165, 1.54) is 5.69 Å². The maximum Gasteiger partial charge on any atom is 0.249 e. The lowest BCUT2D eigenvalue weighted by atomic mass is 9.98. The maximum atomic E-state index is 6.59. The number of nitrogens with zero attached hydrogens (tertiary/aromatic N) is 2. The molecule has 5 rings (SSSR count). The predicted octanol–water partition coefficient (Wildman–Crippen LogP) is 4.56. The highest BCUT2D eigenvalue weighted by Gasteiger charge is 2.25. The number of benzene rings is 2. The molecule has 0 bridgehead atoms. The topological polar surface area (TPSA) is 93.9 Å². The van der Waals surface area contributed by atoms with E-state index in [0.29, 0.717) is 16.6 Å². The second kappa shape index (κ2) is 9.31. The van der Waals surface area contributed by atoms with Crippen LogP contribution in [0, 0.1) is 0 Å². The van der Waals surface area contributed by atoms with E-state index in [9.17, 15) is 0 Å². The van der Waals surface area contributed by atoms with Gasteiger partial charge in [0.15, 0.2) is 5.82 Å². The first-order chi connectivity index (χ1) is 16.4. The Bertz CT molecular complexity index is 1150.